The Balaban J connectivity index is 2.38. The number of hydrogen-bond donors (Lipinski definition) is 1. The number of aromatic amines is 1. The van der Waals surface area contributed by atoms with Gasteiger partial charge < -0.3 is 9.41 Å². The predicted octanol–water partition coefficient (Wildman–Crippen LogP) is 5.90. The summed E-state index contributed by atoms with van der Waals surface area (Å²) in [6, 6.07) is 6.46. The largest absolute Gasteiger partial charge is 0.422 e. The molecule has 0 spiro atoms. The van der Waals surface area contributed by atoms with Gasteiger partial charge in [-0.25, -0.2) is 0 Å². The fourth-order valence-corrected chi connectivity index (χ4v) is 5.17. The summed E-state index contributed by atoms with van der Waals surface area (Å²) in [5.74, 6) is -2.65. The summed E-state index contributed by atoms with van der Waals surface area (Å²) in [6.45, 7) is 4.39. The highest BCUT2D eigenvalue weighted by atomic mass is 28.4. The molecular formula is C17H19F6NOSi. The lowest BCUT2D eigenvalue weighted by Gasteiger charge is -2.48. The Kier molecular flexibility index (Phi) is 4.27. The first-order valence-electron chi connectivity index (χ1n) is 8.21. The van der Waals surface area contributed by atoms with E-state index >= 15 is 0 Å². The predicted molar refractivity (Wildman–Crippen MR) is 88.3 cm³/mol. The van der Waals surface area contributed by atoms with Gasteiger partial charge in [0.1, 0.15) is 0 Å². The lowest BCUT2D eigenvalue weighted by Crippen LogP contribution is -2.60. The van der Waals surface area contributed by atoms with Crippen molar-refractivity contribution < 1.29 is 30.8 Å². The van der Waals surface area contributed by atoms with E-state index < -0.39 is 44.3 Å². The first-order valence-corrected chi connectivity index (χ1v) is 11.6. The van der Waals surface area contributed by atoms with E-state index in [-0.39, 0.29) is 12.0 Å². The number of alkyl halides is 6. The summed E-state index contributed by atoms with van der Waals surface area (Å²) >= 11 is 0. The van der Waals surface area contributed by atoms with E-state index in [2.05, 4.69) is 4.98 Å². The van der Waals surface area contributed by atoms with Crippen molar-refractivity contribution in [3.63, 3.8) is 0 Å². The standard InChI is InChI=1S/C17H19F6NOSi/c1-26(2,3)25-15(17(21,22)23)13(16(18,19)20)9-8-11-10-6-4-5-7-12(10)24-14(11)15/h4-7,13,24H,8-9H2,1-3H3. The second kappa shape index (κ2) is 5.76. The molecule has 1 aromatic heterocycles. The molecule has 2 aromatic rings. The van der Waals surface area contributed by atoms with Crippen LogP contribution >= 0.6 is 0 Å². The van der Waals surface area contributed by atoms with Crippen LogP contribution in [-0.4, -0.2) is 25.7 Å². The zero-order valence-corrected chi connectivity index (χ0v) is 15.5. The van der Waals surface area contributed by atoms with E-state index in [0.29, 0.717) is 10.9 Å². The Labute approximate surface area is 147 Å². The molecule has 0 aliphatic heterocycles. The molecule has 0 radical (unpaired) electrons. The van der Waals surface area contributed by atoms with Crippen molar-refractivity contribution in [2.45, 2.75) is 50.4 Å². The van der Waals surface area contributed by atoms with E-state index in [4.69, 9.17) is 4.43 Å². The highest BCUT2D eigenvalue weighted by molar-refractivity contribution is 6.69. The molecule has 144 valence electrons. The topological polar surface area (TPSA) is 25.0 Å². The summed E-state index contributed by atoms with van der Waals surface area (Å²) < 4.78 is 89.4. The third kappa shape index (κ3) is 2.94. The normalized spacial score (nSPS) is 24.7. The molecule has 2 unspecified atom stereocenters. The minimum absolute atomic E-state index is 0.0869. The van der Waals surface area contributed by atoms with Gasteiger partial charge in [-0.2, -0.15) is 26.3 Å². The number of aromatic nitrogens is 1. The van der Waals surface area contributed by atoms with Gasteiger partial charge in [-0.15, -0.1) is 0 Å². The third-order valence-corrected chi connectivity index (χ3v) is 5.58. The van der Waals surface area contributed by atoms with Crippen LogP contribution in [0.25, 0.3) is 10.9 Å². The maximum atomic E-state index is 14.3. The number of para-hydroxylation sites is 1. The molecule has 3 rings (SSSR count). The minimum atomic E-state index is -5.22. The van der Waals surface area contributed by atoms with E-state index in [9.17, 15) is 26.3 Å². The maximum absolute atomic E-state index is 14.3. The van der Waals surface area contributed by atoms with Crippen LogP contribution in [0.1, 0.15) is 17.7 Å². The first-order chi connectivity index (χ1) is 11.8. The molecule has 2 nitrogen and oxygen atoms in total. The number of benzene rings is 1. The molecule has 0 amide bonds. The van der Waals surface area contributed by atoms with E-state index in [0.717, 1.165) is 0 Å². The summed E-state index contributed by atoms with van der Waals surface area (Å²) in [7, 11) is -3.00. The zero-order chi connectivity index (χ0) is 19.5. The van der Waals surface area contributed by atoms with E-state index in [1.165, 1.54) is 19.6 Å². The number of nitrogens with one attached hydrogen (secondary N) is 1. The van der Waals surface area contributed by atoms with Crippen LogP contribution in [0.15, 0.2) is 24.3 Å². The Morgan fingerprint density at radius 2 is 1.69 bits per heavy atom. The Morgan fingerprint density at radius 3 is 2.23 bits per heavy atom. The van der Waals surface area contributed by atoms with Crippen LogP contribution in [0, 0.1) is 5.92 Å². The van der Waals surface area contributed by atoms with Crippen LogP contribution < -0.4 is 0 Å². The van der Waals surface area contributed by atoms with Crippen molar-refractivity contribution in [1.82, 2.24) is 4.98 Å². The van der Waals surface area contributed by atoms with Crippen molar-refractivity contribution in [3.8, 4) is 0 Å². The number of aryl methyl sites for hydroxylation is 1. The molecule has 1 N–H and O–H groups in total. The van der Waals surface area contributed by atoms with Crippen molar-refractivity contribution >= 4 is 19.2 Å². The average Bonchev–Trinajstić information content (AvgIpc) is 2.83. The summed E-state index contributed by atoms with van der Waals surface area (Å²) in [6.07, 6.45) is -11.0. The van der Waals surface area contributed by atoms with Gasteiger partial charge in [0.15, 0.2) is 8.32 Å². The number of fused-ring (bicyclic) bond motifs is 3. The highest BCUT2D eigenvalue weighted by Crippen LogP contribution is 2.58. The number of halogens is 6. The minimum Gasteiger partial charge on any atom is -0.399 e. The lowest BCUT2D eigenvalue weighted by molar-refractivity contribution is -0.330. The molecule has 0 fully saturated rings. The van der Waals surface area contributed by atoms with Crippen LogP contribution in [0.2, 0.25) is 19.6 Å². The molecule has 1 aliphatic rings. The average molecular weight is 395 g/mol. The summed E-state index contributed by atoms with van der Waals surface area (Å²) in [5.41, 5.74) is -3.27. The monoisotopic (exact) mass is 395 g/mol. The summed E-state index contributed by atoms with van der Waals surface area (Å²) in [4.78, 5) is 2.62. The van der Waals surface area contributed by atoms with Gasteiger partial charge >= 0.3 is 12.4 Å². The molecular weight excluding hydrogens is 376 g/mol. The zero-order valence-electron chi connectivity index (χ0n) is 14.5. The molecule has 26 heavy (non-hydrogen) atoms. The molecule has 1 aromatic carbocycles. The first kappa shape index (κ1) is 19.3. The van der Waals surface area contributed by atoms with Crippen molar-refractivity contribution in [2.24, 2.45) is 5.92 Å². The maximum Gasteiger partial charge on any atom is 0.422 e. The second-order valence-electron chi connectivity index (χ2n) is 7.60. The lowest BCUT2D eigenvalue weighted by atomic mass is 9.73. The SMILES string of the molecule is C[Si](C)(C)OC1(C(F)(F)F)c2[nH]c3ccccc3c2CCC1C(F)(F)F. The van der Waals surface area contributed by atoms with E-state index in [1.54, 1.807) is 24.3 Å². The quantitative estimate of drug-likeness (QED) is 0.497. The number of H-pyrrole nitrogens is 1. The van der Waals surface area contributed by atoms with Gasteiger partial charge in [0.2, 0.25) is 5.60 Å². The number of rotatable bonds is 2. The molecule has 2 atom stereocenters. The van der Waals surface area contributed by atoms with Crippen LogP contribution in [0.3, 0.4) is 0 Å². The van der Waals surface area contributed by atoms with Gasteiger partial charge in [0, 0.05) is 10.9 Å². The Bertz CT molecular complexity index is 819. The Morgan fingerprint density at radius 1 is 1.08 bits per heavy atom. The number of hydrogen-bond acceptors (Lipinski definition) is 1. The van der Waals surface area contributed by atoms with Crippen LogP contribution in [0.5, 0.6) is 0 Å². The van der Waals surface area contributed by atoms with Gasteiger partial charge in [0.25, 0.3) is 0 Å². The smallest absolute Gasteiger partial charge is 0.399 e. The third-order valence-electron chi connectivity index (χ3n) is 4.64. The molecule has 9 heteroatoms. The fourth-order valence-electron chi connectivity index (χ4n) is 3.84. The Hall–Kier alpha value is -1.48. The fraction of sp³-hybridized carbons (Fsp3) is 0.529. The molecule has 0 saturated heterocycles. The highest BCUT2D eigenvalue weighted by Gasteiger charge is 2.71. The molecule has 0 saturated carbocycles. The van der Waals surface area contributed by atoms with Gasteiger partial charge in [-0.1, -0.05) is 18.2 Å². The van der Waals surface area contributed by atoms with Crippen LogP contribution in [0.4, 0.5) is 26.3 Å². The van der Waals surface area contributed by atoms with Gasteiger partial charge in [-0.3, -0.25) is 0 Å². The molecule has 0 bridgehead atoms. The van der Waals surface area contributed by atoms with Crippen molar-refractivity contribution in [1.29, 1.82) is 0 Å². The molecule has 1 aliphatic carbocycles. The summed E-state index contributed by atoms with van der Waals surface area (Å²) in [5, 5.41) is 0.510. The van der Waals surface area contributed by atoms with Crippen LogP contribution in [-0.2, 0) is 16.4 Å². The second-order valence-corrected chi connectivity index (χ2v) is 12.0. The van der Waals surface area contributed by atoms with Gasteiger partial charge in [-0.05, 0) is 44.1 Å². The van der Waals surface area contributed by atoms with E-state index in [1.807, 2.05) is 0 Å². The van der Waals surface area contributed by atoms with Crippen molar-refractivity contribution in [2.75, 3.05) is 0 Å². The van der Waals surface area contributed by atoms with Crippen molar-refractivity contribution in [3.05, 3.63) is 35.5 Å². The van der Waals surface area contributed by atoms with Gasteiger partial charge in [0.05, 0.1) is 11.6 Å². The molecule has 1 heterocycles.